The van der Waals surface area contributed by atoms with Crippen molar-refractivity contribution in [3.8, 4) is 6.07 Å². The minimum atomic E-state index is -0.0304. The fraction of sp³-hybridized carbons (Fsp3) is 0.200. The molecule has 1 heterocycles. The number of nitrogens with zero attached hydrogens (tertiary/aromatic N) is 2. The average molecular weight is 302 g/mol. The van der Waals surface area contributed by atoms with Crippen molar-refractivity contribution >= 4 is 10.9 Å². The molecule has 0 saturated carbocycles. The maximum absolute atomic E-state index is 12.3. The first-order valence-electron chi connectivity index (χ1n) is 7.71. The minimum absolute atomic E-state index is 0.0304. The summed E-state index contributed by atoms with van der Waals surface area (Å²) in [4.78, 5) is 12.3. The van der Waals surface area contributed by atoms with Crippen LogP contribution in [-0.2, 0) is 6.54 Å². The highest BCUT2D eigenvalue weighted by Gasteiger charge is 2.07. The normalized spacial score (nSPS) is 10.9. The molecule has 3 rings (SSSR count). The lowest BCUT2D eigenvalue weighted by molar-refractivity contribution is 0.793. The lowest BCUT2D eigenvalue weighted by atomic mass is 10.0. The number of rotatable bonds is 3. The van der Waals surface area contributed by atoms with Crippen LogP contribution in [0, 0.1) is 11.3 Å². The third-order valence-electron chi connectivity index (χ3n) is 4.08. The van der Waals surface area contributed by atoms with Crippen molar-refractivity contribution in [1.29, 1.82) is 5.26 Å². The fourth-order valence-corrected chi connectivity index (χ4v) is 2.77. The van der Waals surface area contributed by atoms with Gasteiger partial charge in [0.1, 0.15) is 0 Å². The van der Waals surface area contributed by atoms with E-state index in [1.807, 2.05) is 30.3 Å². The van der Waals surface area contributed by atoms with E-state index in [4.69, 9.17) is 5.26 Å². The molecule has 23 heavy (non-hydrogen) atoms. The van der Waals surface area contributed by atoms with E-state index in [0.29, 0.717) is 18.0 Å². The number of hydrogen-bond donors (Lipinski definition) is 0. The maximum Gasteiger partial charge on any atom is 0.251 e. The maximum atomic E-state index is 12.3. The second kappa shape index (κ2) is 6.10. The predicted molar refractivity (Wildman–Crippen MR) is 92.6 cm³/mol. The van der Waals surface area contributed by atoms with E-state index in [2.05, 4.69) is 32.0 Å². The summed E-state index contributed by atoms with van der Waals surface area (Å²) < 4.78 is 1.76. The molecule has 3 nitrogen and oxygen atoms in total. The molecule has 0 spiro atoms. The molecular formula is C20H18N2O. The molecule has 114 valence electrons. The Balaban J connectivity index is 2.11. The molecule has 3 aromatic rings. The number of pyridine rings is 1. The van der Waals surface area contributed by atoms with Gasteiger partial charge >= 0.3 is 0 Å². The van der Waals surface area contributed by atoms with E-state index in [1.54, 1.807) is 16.7 Å². The van der Waals surface area contributed by atoms with Gasteiger partial charge in [0.25, 0.3) is 5.56 Å². The summed E-state index contributed by atoms with van der Waals surface area (Å²) in [5.74, 6) is 0.451. The Kier molecular flexibility index (Phi) is 3.99. The minimum Gasteiger partial charge on any atom is -0.304 e. The third kappa shape index (κ3) is 3.02. The quantitative estimate of drug-likeness (QED) is 0.733. The predicted octanol–water partition coefficient (Wildman–Crippen LogP) is 4.04. The number of hydrogen-bond acceptors (Lipinski definition) is 2. The zero-order valence-electron chi connectivity index (χ0n) is 13.3. The van der Waals surface area contributed by atoms with Gasteiger partial charge in [0.15, 0.2) is 0 Å². The van der Waals surface area contributed by atoms with Crippen LogP contribution >= 0.6 is 0 Å². The Morgan fingerprint density at radius 2 is 1.91 bits per heavy atom. The van der Waals surface area contributed by atoms with Gasteiger partial charge in [-0.3, -0.25) is 4.79 Å². The molecule has 0 fully saturated rings. The summed E-state index contributed by atoms with van der Waals surface area (Å²) in [6.07, 6.45) is 0. The van der Waals surface area contributed by atoms with E-state index in [0.717, 1.165) is 16.5 Å². The van der Waals surface area contributed by atoms with Crippen LogP contribution in [-0.4, -0.2) is 4.57 Å². The lowest BCUT2D eigenvalue weighted by Gasteiger charge is -2.13. The Morgan fingerprint density at radius 3 is 2.65 bits per heavy atom. The van der Waals surface area contributed by atoms with E-state index >= 15 is 0 Å². The summed E-state index contributed by atoms with van der Waals surface area (Å²) in [6, 6.07) is 19.2. The number of nitriles is 1. The van der Waals surface area contributed by atoms with Crippen molar-refractivity contribution < 1.29 is 0 Å². The molecule has 0 unspecified atom stereocenters. The number of benzene rings is 2. The van der Waals surface area contributed by atoms with E-state index in [1.165, 1.54) is 5.56 Å². The van der Waals surface area contributed by atoms with Crippen LogP contribution in [0.25, 0.3) is 10.9 Å². The second-order valence-electron chi connectivity index (χ2n) is 6.04. The largest absolute Gasteiger partial charge is 0.304 e. The van der Waals surface area contributed by atoms with E-state index < -0.39 is 0 Å². The molecule has 0 aliphatic carbocycles. The van der Waals surface area contributed by atoms with Crippen molar-refractivity contribution in [3.05, 3.63) is 81.6 Å². The third-order valence-corrected chi connectivity index (χ3v) is 4.08. The van der Waals surface area contributed by atoms with Gasteiger partial charge in [-0.15, -0.1) is 0 Å². The standard InChI is InChI=1S/C20H18N2O/c1-14(2)17-6-8-19-18(11-17)7-9-20(23)22(19)13-16-5-3-4-15(10-16)12-21/h3-11,14H,13H2,1-2H3. The smallest absolute Gasteiger partial charge is 0.251 e. The zero-order chi connectivity index (χ0) is 16.4. The summed E-state index contributed by atoms with van der Waals surface area (Å²) in [5, 5.41) is 10.1. The molecule has 3 heteroatoms. The Morgan fingerprint density at radius 1 is 1.09 bits per heavy atom. The molecule has 0 amide bonds. The van der Waals surface area contributed by atoms with Crippen molar-refractivity contribution in [2.45, 2.75) is 26.3 Å². The molecule has 0 bridgehead atoms. The summed E-state index contributed by atoms with van der Waals surface area (Å²) in [5.41, 5.74) is 3.71. The Labute approximate surface area is 135 Å². The molecule has 0 atom stereocenters. The molecule has 0 aliphatic heterocycles. The van der Waals surface area contributed by atoms with Crippen molar-refractivity contribution in [3.63, 3.8) is 0 Å². The van der Waals surface area contributed by atoms with Crippen molar-refractivity contribution in [2.75, 3.05) is 0 Å². The van der Waals surface area contributed by atoms with Gasteiger partial charge in [-0.2, -0.15) is 5.26 Å². The average Bonchev–Trinajstić information content (AvgIpc) is 2.57. The lowest BCUT2D eigenvalue weighted by Crippen LogP contribution is -2.20. The monoisotopic (exact) mass is 302 g/mol. The summed E-state index contributed by atoms with van der Waals surface area (Å²) in [6.45, 7) is 4.78. The van der Waals surface area contributed by atoms with Crippen LogP contribution in [0.3, 0.4) is 0 Å². The van der Waals surface area contributed by atoms with Crippen molar-refractivity contribution in [1.82, 2.24) is 4.57 Å². The molecule has 0 saturated heterocycles. The summed E-state index contributed by atoms with van der Waals surface area (Å²) >= 11 is 0. The van der Waals surface area contributed by atoms with E-state index in [9.17, 15) is 4.79 Å². The highest BCUT2D eigenvalue weighted by molar-refractivity contribution is 5.80. The highest BCUT2D eigenvalue weighted by Crippen LogP contribution is 2.21. The molecule has 2 aromatic carbocycles. The number of fused-ring (bicyclic) bond motifs is 1. The second-order valence-corrected chi connectivity index (χ2v) is 6.04. The van der Waals surface area contributed by atoms with Gasteiger partial charge in [-0.25, -0.2) is 0 Å². The molecule has 0 N–H and O–H groups in total. The molecular weight excluding hydrogens is 284 g/mol. The van der Waals surface area contributed by atoms with E-state index in [-0.39, 0.29) is 5.56 Å². The van der Waals surface area contributed by atoms with Gasteiger partial charge < -0.3 is 4.57 Å². The van der Waals surface area contributed by atoms with Crippen LogP contribution in [0.5, 0.6) is 0 Å². The van der Waals surface area contributed by atoms with Gasteiger partial charge in [0, 0.05) is 6.07 Å². The van der Waals surface area contributed by atoms with Crippen LogP contribution in [0.2, 0.25) is 0 Å². The molecule has 1 aromatic heterocycles. The van der Waals surface area contributed by atoms with Crippen LogP contribution < -0.4 is 5.56 Å². The Hall–Kier alpha value is -2.86. The van der Waals surface area contributed by atoms with Gasteiger partial charge in [0.2, 0.25) is 0 Å². The SMILES string of the molecule is CC(C)c1ccc2c(ccc(=O)n2Cc2cccc(C#N)c2)c1. The number of aromatic nitrogens is 1. The first-order chi connectivity index (χ1) is 11.1. The Bertz CT molecular complexity index is 961. The molecule has 0 aliphatic rings. The highest BCUT2D eigenvalue weighted by atomic mass is 16.1. The fourth-order valence-electron chi connectivity index (χ4n) is 2.77. The van der Waals surface area contributed by atoms with Crippen LogP contribution in [0.4, 0.5) is 0 Å². The van der Waals surface area contributed by atoms with Crippen LogP contribution in [0.15, 0.2) is 59.4 Å². The first kappa shape index (κ1) is 15.1. The topological polar surface area (TPSA) is 45.8 Å². The van der Waals surface area contributed by atoms with Crippen LogP contribution in [0.1, 0.15) is 36.5 Å². The van der Waals surface area contributed by atoms with Crippen molar-refractivity contribution in [2.24, 2.45) is 0 Å². The zero-order valence-corrected chi connectivity index (χ0v) is 13.3. The summed E-state index contributed by atoms with van der Waals surface area (Å²) in [7, 11) is 0. The van der Waals surface area contributed by atoms with Gasteiger partial charge in [-0.1, -0.05) is 32.0 Å². The van der Waals surface area contributed by atoms with Gasteiger partial charge in [0.05, 0.1) is 23.7 Å². The molecule has 0 radical (unpaired) electrons. The van der Waals surface area contributed by atoms with Gasteiger partial charge in [-0.05, 0) is 52.8 Å². The first-order valence-corrected chi connectivity index (χ1v) is 7.71.